The fourth-order valence-corrected chi connectivity index (χ4v) is 2.09. The highest BCUT2D eigenvalue weighted by Gasteiger charge is 2.28. The molecule has 0 aliphatic carbocycles. The molecule has 1 aliphatic rings. The van der Waals surface area contributed by atoms with Crippen molar-refractivity contribution in [3.8, 4) is 0 Å². The van der Waals surface area contributed by atoms with Crippen LogP contribution in [0.15, 0.2) is 29.4 Å². The zero-order valence-corrected chi connectivity index (χ0v) is 11.0. The van der Waals surface area contributed by atoms with Gasteiger partial charge in [0.1, 0.15) is 0 Å². The summed E-state index contributed by atoms with van der Waals surface area (Å²) in [6.07, 6.45) is 1.02. The Balaban J connectivity index is 2.34. The largest absolute Gasteiger partial charge is 0.478 e. The van der Waals surface area contributed by atoms with Crippen LogP contribution in [0.4, 0.5) is 5.69 Å². The average molecular weight is 260 g/mol. The van der Waals surface area contributed by atoms with Crippen LogP contribution in [0.3, 0.4) is 0 Å². The molecule has 0 bridgehead atoms. The lowest BCUT2D eigenvalue weighted by Gasteiger charge is -2.14. The first-order chi connectivity index (χ1) is 8.99. The van der Waals surface area contributed by atoms with E-state index in [1.165, 1.54) is 11.1 Å². The van der Waals surface area contributed by atoms with Gasteiger partial charge in [-0.3, -0.25) is 4.79 Å². The third-order valence-corrected chi connectivity index (χ3v) is 2.84. The summed E-state index contributed by atoms with van der Waals surface area (Å²) in [5, 5.41) is 14.6. The minimum Gasteiger partial charge on any atom is -0.478 e. The predicted molar refractivity (Wildman–Crippen MR) is 72.4 cm³/mol. The Hall–Kier alpha value is -2.17. The Morgan fingerprint density at radius 3 is 2.74 bits per heavy atom. The molecule has 0 saturated heterocycles. The Morgan fingerprint density at radius 2 is 2.11 bits per heavy atom. The van der Waals surface area contributed by atoms with E-state index >= 15 is 0 Å². The second-order valence-electron chi connectivity index (χ2n) is 4.97. The van der Waals surface area contributed by atoms with Crippen molar-refractivity contribution in [3.05, 3.63) is 29.8 Å². The third-order valence-electron chi connectivity index (χ3n) is 2.84. The van der Waals surface area contributed by atoms with Crippen molar-refractivity contribution in [2.24, 2.45) is 11.0 Å². The van der Waals surface area contributed by atoms with Crippen LogP contribution in [0.1, 0.15) is 37.0 Å². The molecule has 5 nitrogen and oxygen atoms in total. The summed E-state index contributed by atoms with van der Waals surface area (Å²) >= 11 is 0. The fraction of sp³-hybridized carbons (Fsp3) is 0.357. The van der Waals surface area contributed by atoms with Crippen LogP contribution in [0, 0.1) is 5.92 Å². The van der Waals surface area contributed by atoms with Crippen LogP contribution in [0.25, 0.3) is 0 Å². The number of carboxylic acid groups (broad SMARTS) is 1. The zero-order valence-electron chi connectivity index (χ0n) is 11.0. The summed E-state index contributed by atoms with van der Waals surface area (Å²) in [4.78, 5) is 23.1. The number of carbonyl (C=O) groups is 2. The summed E-state index contributed by atoms with van der Waals surface area (Å²) in [5.74, 6) is -0.818. The summed E-state index contributed by atoms with van der Waals surface area (Å²) in [6.45, 7) is 4.11. The molecular formula is C14H16N2O3. The first-order valence-electron chi connectivity index (χ1n) is 6.20. The summed E-state index contributed by atoms with van der Waals surface area (Å²) in [5.41, 5.74) is 1.23. The molecule has 0 radical (unpaired) electrons. The highest BCUT2D eigenvalue weighted by atomic mass is 16.4. The van der Waals surface area contributed by atoms with Gasteiger partial charge in [0.25, 0.3) is 5.91 Å². The average Bonchev–Trinajstić information content (AvgIpc) is 2.69. The Morgan fingerprint density at radius 1 is 1.42 bits per heavy atom. The van der Waals surface area contributed by atoms with E-state index in [1.54, 1.807) is 18.2 Å². The first kappa shape index (κ1) is 13.3. The highest BCUT2D eigenvalue weighted by Crippen LogP contribution is 2.26. The molecule has 0 aromatic heterocycles. The number of amides is 1. The Labute approximate surface area is 111 Å². The lowest BCUT2D eigenvalue weighted by molar-refractivity contribution is -0.116. The van der Waals surface area contributed by atoms with Crippen LogP contribution in [0.2, 0.25) is 0 Å². The van der Waals surface area contributed by atoms with Crippen LogP contribution in [-0.2, 0) is 4.79 Å². The van der Waals surface area contributed by atoms with Gasteiger partial charge in [0, 0.05) is 5.71 Å². The first-order valence-corrected chi connectivity index (χ1v) is 6.20. The van der Waals surface area contributed by atoms with Crippen molar-refractivity contribution in [1.82, 2.24) is 0 Å². The van der Waals surface area contributed by atoms with Crippen molar-refractivity contribution in [3.63, 3.8) is 0 Å². The van der Waals surface area contributed by atoms with E-state index < -0.39 is 5.97 Å². The van der Waals surface area contributed by atoms with E-state index in [-0.39, 0.29) is 17.9 Å². The second-order valence-corrected chi connectivity index (χ2v) is 4.97. The molecule has 0 atom stereocenters. The van der Waals surface area contributed by atoms with Crippen molar-refractivity contribution in [1.29, 1.82) is 0 Å². The molecule has 1 heterocycles. The van der Waals surface area contributed by atoms with Crippen LogP contribution >= 0.6 is 0 Å². The maximum absolute atomic E-state index is 12.0. The van der Waals surface area contributed by atoms with Gasteiger partial charge in [0.2, 0.25) is 0 Å². The van der Waals surface area contributed by atoms with E-state index in [0.29, 0.717) is 11.6 Å². The monoisotopic (exact) mass is 260 g/mol. The number of hydrogen-bond donors (Lipinski definition) is 1. The van der Waals surface area contributed by atoms with Gasteiger partial charge in [0.05, 0.1) is 17.7 Å². The van der Waals surface area contributed by atoms with Gasteiger partial charge in [-0.1, -0.05) is 26.0 Å². The van der Waals surface area contributed by atoms with Gasteiger partial charge in [-0.2, -0.15) is 10.1 Å². The number of nitrogens with zero attached hydrogens (tertiary/aromatic N) is 2. The van der Waals surface area contributed by atoms with Crippen LogP contribution in [0.5, 0.6) is 0 Å². The predicted octanol–water partition coefficient (Wildman–Crippen LogP) is 2.52. The molecule has 1 amide bonds. The smallest absolute Gasteiger partial charge is 0.337 e. The number of hydrogen-bond acceptors (Lipinski definition) is 3. The third kappa shape index (κ3) is 2.81. The molecule has 0 unspecified atom stereocenters. The zero-order chi connectivity index (χ0) is 14.0. The number of benzene rings is 1. The van der Waals surface area contributed by atoms with Gasteiger partial charge >= 0.3 is 5.97 Å². The summed E-state index contributed by atoms with van der Waals surface area (Å²) in [6, 6.07) is 6.40. The molecular weight excluding hydrogens is 244 g/mol. The van der Waals surface area contributed by atoms with E-state index in [1.807, 2.05) is 0 Å². The molecule has 2 rings (SSSR count). The number of anilines is 1. The van der Waals surface area contributed by atoms with E-state index in [9.17, 15) is 9.59 Å². The van der Waals surface area contributed by atoms with Crippen LogP contribution < -0.4 is 5.01 Å². The Bertz CT molecular complexity index is 549. The van der Waals surface area contributed by atoms with E-state index in [4.69, 9.17) is 5.11 Å². The maximum Gasteiger partial charge on any atom is 0.337 e. The minimum absolute atomic E-state index is 0.0883. The minimum atomic E-state index is -1.06. The quantitative estimate of drug-likeness (QED) is 0.904. The summed E-state index contributed by atoms with van der Waals surface area (Å²) in [7, 11) is 0. The topological polar surface area (TPSA) is 70.0 Å². The molecule has 1 aromatic carbocycles. The van der Waals surface area contributed by atoms with Crippen molar-refractivity contribution in [2.75, 3.05) is 5.01 Å². The molecule has 0 saturated carbocycles. The van der Waals surface area contributed by atoms with Crippen LogP contribution in [-0.4, -0.2) is 22.7 Å². The molecule has 100 valence electrons. The molecule has 0 fully saturated rings. The molecule has 19 heavy (non-hydrogen) atoms. The van der Waals surface area contributed by atoms with Gasteiger partial charge in [-0.25, -0.2) is 4.79 Å². The Kier molecular flexibility index (Phi) is 3.64. The standard InChI is InChI=1S/C14H16N2O3/c1-9(2)7-10-8-13(17)16(15-10)12-6-4-3-5-11(12)14(18)19/h3-6,9H,7-8H2,1-2H3,(H,18,19). The molecule has 5 heteroatoms. The normalized spacial score (nSPS) is 15.0. The summed E-state index contributed by atoms with van der Waals surface area (Å²) < 4.78 is 0. The molecule has 1 aromatic rings. The van der Waals surface area contributed by atoms with Crippen molar-refractivity contribution >= 4 is 23.3 Å². The van der Waals surface area contributed by atoms with Gasteiger partial charge < -0.3 is 5.11 Å². The molecule has 1 aliphatic heterocycles. The molecule has 0 spiro atoms. The lowest BCUT2D eigenvalue weighted by Crippen LogP contribution is -2.21. The van der Waals surface area contributed by atoms with E-state index in [0.717, 1.165) is 12.1 Å². The number of rotatable bonds is 4. The van der Waals surface area contributed by atoms with E-state index in [2.05, 4.69) is 18.9 Å². The molecule has 1 N–H and O–H groups in total. The fourth-order valence-electron chi connectivity index (χ4n) is 2.09. The lowest BCUT2D eigenvalue weighted by atomic mass is 10.1. The number of para-hydroxylation sites is 1. The number of aromatic carboxylic acids is 1. The second kappa shape index (κ2) is 5.22. The highest BCUT2D eigenvalue weighted by molar-refractivity contribution is 6.14. The van der Waals surface area contributed by atoms with Gasteiger partial charge in [-0.15, -0.1) is 0 Å². The number of hydrazone groups is 1. The number of carboxylic acids is 1. The van der Waals surface area contributed by atoms with Gasteiger partial charge in [-0.05, 0) is 24.5 Å². The maximum atomic E-state index is 12.0. The van der Waals surface area contributed by atoms with Gasteiger partial charge in [0.15, 0.2) is 0 Å². The van der Waals surface area contributed by atoms with Crippen molar-refractivity contribution < 1.29 is 14.7 Å². The number of carbonyl (C=O) groups excluding carboxylic acids is 1. The van der Waals surface area contributed by atoms with Crippen molar-refractivity contribution in [2.45, 2.75) is 26.7 Å². The SMILES string of the molecule is CC(C)CC1=NN(c2ccccc2C(=O)O)C(=O)C1.